The quantitative estimate of drug-likeness (QED) is 0.216. The number of benzene rings is 2. The normalized spacial score (nSPS) is 11.3. The van der Waals surface area contributed by atoms with Gasteiger partial charge in [-0.05, 0) is 19.1 Å². The number of aryl methyl sites for hydroxylation is 1. The minimum Gasteiger partial charge on any atom is -0.457 e. The molecule has 146 valence electrons. The van der Waals surface area contributed by atoms with Crippen LogP contribution in [0.25, 0.3) is 34.2 Å². The highest BCUT2D eigenvalue weighted by molar-refractivity contribution is 7.11. The van der Waals surface area contributed by atoms with E-state index in [-0.39, 0.29) is 5.69 Å². The zero-order valence-electron chi connectivity index (χ0n) is 15.9. The summed E-state index contributed by atoms with van der Waals surface area (Å²) < 4.78 is 5.79. The van der Waals surface area contributed by atoms with Gasteiger partial charge in [-0.25, -0.2) is 4.98 Å². The number of allylic oxidation sites excluding steroid dienone is 1. The number of hydrogen-bond donors (Lipinski definition) is 0. The Morgan fingerprint density at radius 3 is 2.70 bits per heavy atom. The topological polar surface area (TPSA) is 93.0 Å². The van der Waals surface area contributed by atoms with Crippen molar-refractivity contribution in [2.75, 3.05) is 0 Å². The Labute approximate surface area is 176 Å². The van der Waals surface area contributed by atoms with Crippen LogP contribution in [0.15, 0.2) is 70.5 Å². The van der Waals surface area contributed by atoms with Crippen LogP contribution in [0, 0.1) is 28.4 Å². The fourth-order valence-corrected chi connectivity index (χ4v) is 3.69. The Morgan fingerprint density at radius 2 is 1.97 bits per heavy atom. The largest absolute Gasteiger partial charge is 0.457 e. The monoisotopic (exact) mass is 413 g/mol. The molecule has 0 unspecified atom stereocenters. The highest BCUT2D eigenvalue weighted by atomic mass is 32.1. The van der Waals surface area contributed by atoms with Gasteiger partial charge >= 0.3 is 0 Å². The molecule has 0 spiro atoms. The van der Waals surface area contributed by atoms with Gasteiger partial charge in [-0.3, -0.25) is 10.1 Å². The van der Waals surface area contributed by atoms with Gasteiger partial charge in [0.25, 0.3) is 5.69 Å². The minimum absolute atomic E-state index is 0.00914. The summed E-state index contributed by atoms with van der Waals surface area (Å²) in [5.74, 6) is 0.960. The molecule has 0 saturated heterocycles. The molecule has 0 N–H and O–H groups in total. The third-order valence-corrected chi connectivity index (χ3v) is 5.33. The summed E-state index contributed by atoms with van der Waals surface area (Å²) in [6.45, 7) is 2.03. The summed E-state index contributed by atoms with van der Waals surface area (Å²) in [6.07, 6.45) is 1.62. The molecule has 0 radical (unpaired) electrons. The van der Waals surface area contributed by atoms with Crippen LogP contribution in [0.2, 0.25) is 0 Å². The molecule has 4 rings (SSSR count). The maximum absolute atomic E-state index is 11.0. The lowest BCUT2D eigenvalue weighted by atomic mass is 10.1. The fourth-order valence-electron chi connectivity index (χ4n) is 2.90. The van der Waals surface area contributed by atoms with E-state index in [1.54, 1.807) is 30.3 Å². The van der Waals surface area contributed by atoms with E-state index in [0.717, 1.165) is 11.3 Å². The van der Waals surface area contributed by atoms with Gasteiger partial charge in [-0.1, -0.05) is 42.0 Å². The lowest BCUT2D eigenvalue weighted by molar-refractivity contribution is -0.384. The number of nitrogens with zero attached hydrogens (tertiary/aromatic N) is 3. The number of thiazole rings is 1. The number of non-ortho nitro benzene ring substituents is 1. The molecule has 30 heavy (non-hydrogen) atoms. The molecule has 0 aliphatic carbocycles. The average Bonchev–Trinajstić information content (AvgIpc) is 3.43. The van der Waals surface area contributed by atoms with Crippen molar-refractivity contribution in [3.05, 3.63) is 92.5 Å². The third-order valence-electron chi connectivity index (χ3n) is 4.46. The van der Waals surface area contributed by atoms with Crippen molar-refractivity contribution in [1.82, 2.24) is 4.98 Å². The van der Waals surface area contributed by atoms with Gasteiger partial charge in [0.15, 0.2) is 0 Å². The van der Waals surface area contributed by atoms with E-state index in [9.17, 15) is 15.4 Å². The third kappa shape index (κ3) is 4.04. The second-order valence-corrected chi connectivity index (χ2v) is 7.44. The number of rotatable bonds is 5. The molecule has 0 aliphatic heterocycles. The second-order valence-electron chi connectivity index (χ2n) is 6.58. The maximum atomic E-state index is 11.0. The molecule has 0 saturated carbocycles. The van der Waals surface area contributed by atoms with Crippen LogP contribution in [0.5, 0.6) is 0 Å². The van der Waals surface area contributed by atoms with Crippen molar-refractivity contribution >= 4 is 28.7 Å². The molecule has 2 aromatic heterocycles. The predicted molar refractivity (Wildman–Crippen MR) is 117 cm³/mol. The summed E-state index contributed by atoms with van der Waals surface area (Å²) >= 11 is 1.39. The Morgan fingerprint density at radius 1 is 1.17 bits per heavy atom. The van der Waals surface area contributed by atoms with Crippen molar-refractivity contribution < 1.29 is 9.34 Å². The van der Waals surface area contributed by atoms with E-state index in [0.29, 0.717) is 27.7 Å². The average molecular weight is 413 g/mol. The SMILES string of the molecule is Cc1ccc(-c2csc(C(C#N)=Cc3ccc(-c4cccc([N+](=O)[O-])c4)o3)n2)cc1. The first-order valence-corrected chi connectivity index (χ1v) is 9.91. The molecule has 2 aromatic carbocycles. The predicted octanol–water partition coefficient (Wildman–Crippen LogP) is 6.35. The van der Waals surface area contributed by atoms with E-state index in [4.69, 9.17) is 4.42 Å². The van der Waals surface area contributed by atoms with E-state index >= 15 is 0 Å². The van der Waals surface area contributed by atoms with Crippen molar-refractivity contribution in [2.45, 2.75) is 6.92 Å². The number of hydrogen-bond acceptors (Lipinski definition) is 6. The van der Waals surface area contributed by atoms with Gasteiger partial charge in [0.1, 0.15) is 22.6 Å². The molecule has 2 heterocycles. The summed E-state index contributed by atoms with van der Waals surface area (Å²) in [5.41, 5.74) is 3.95. The Bertz CT molecular complexity index is 1290. The van der Waals surface area contributed by atoms with E-state index < -0.39 is 4.92 Å². The van der Waals surface area contributed by atoms with Crippen molar-refractivity contribution in [2.24, 2.45) is 0 Å². The molecule has 0 aliphatic rings. The summed E-state index contributed by atoms with van der Waals surface area (Å²) in [6, 6.07) is 19.9. The Hall–Kier alpha value is -4.02. The zero-order chi connectivity index (χ0) is 21.1. The van der Waals surface area contributed by atoms with Crippen molar-refractivity contribution in [1.29, 1.82) is 5.26 Å². The van der Waals surface area contributed by atoms with Gasteiger partial charge in [-0.15, -0.1) is 11.3 Å². The molecule has 6 nitrogen and oxygen atoms in total. The molecular formula is C23H15N3O3S. The standard InChI is InChI=1S/C23H15N3O3S/c1-15-5-7-16(8-6-15)21-14-30-23(25-21)18(13-24)12-20-9-10-22(29-20)17-3-2-4-19(11-17)26(27)28/h2-12,14H,1H3. The zero-order valence-corrected chi connectivity index (χ0v) is 16.7. The van der Waals surface area contributed by atoms with Crippen LogP contribution in [0.3, 0.4) is 0 Å². The lowest BCUT2D eigenvalue weighted by Gasteiger charge is -1.98. The number of nitro groups is 1. The molecule has 4 aromatic rings. The molecule has 0 fully saturated rings. The summed E-state index contributed by atoms with van der Waals surface area (Å²) in [4.78, 5) is 15.1. The minimum atomic E-state index is -0.449. The number of furan rings is 1. The van der Waals surface area contributed by atoms with Crippen LogP contribution >= 0.6 is 11.3 Å². The first-order valence-electron chi connectivity index (χ1n) is 9.03. The van der Waals surface area contributed by atoms with Gasteiger partial charge in [0.2, 0.25) is 0 Å². The van der Waals surface area contributed by atoms with Crippen LogP contribution in [0.4, 0.5) is 5.69 Å². The number of aromatic nitrogens is 1. The molecule has 0 atom stereocenters. The Balaban J connectivity index is 1.61. The van der Waals surface area contributed by atoms with Gasteiger partial charge in [0.05, 0.1) is 16.2 Å². The molecule has 0 amide bonds. The van der Waals surface area contributed by atoms with E-state index in [1.165, 1.54) is 29.0 Å². The van der Waals surface area contributed by atoms with Crippen molar-refractivity contribution in [3.63, 3.8) is 0 Å². The number of nitro benzene ring substituents is 1. The Kier molecular flexibility index (Phi) is 5.24. The lowest BCUT2D eigenvalue weighted by Crippen LogP contribution is -1.87. The highest BCUT2D eigenvalue weighted by Crippen LogP contribution is 2.30. The second kappa shape index (κ2) is 8.15. The van der Waals surface area contributed by atoms with Crippen LogP contribution in [0.1, 0.15) is 16.3 Å². The summed E-state index contributed by atoms with van der Waals surface area (Å²) in [7, 11) is 0. The smallest absolute Gasteiger partial charge is 0.270 e. The van der Waals surface area contributed by atoms with Gasteiger partial charge in [0, 0.05) is 34.7 Å². The first-order chi connectivity index (χ1) is 14.5. The first kappa shape index (κ1) is 19.3. The van der Waals surface area contributed by atoms with E-state index in [2.05, 4.69) is 11.1 Å². The highest BCUT2D eigenvalue weighted by Gasteiger charge is 2.12. The van der Waals surface area contributed by atoms with Gasteiger partial charge in [-0.2, -0.15) is 5.26 Å². The maximum Gasteiger partial charge on any atom is 0.270 e. The molecular weight excluding hydrogens is 398 g/mol. The van der Waals surface area contributed by atoms with Crippen molar-refractivity contribution in [3.8, 4) is 28.7 Å². The van der Waals surface area contributed by atoms with Crippen LogP contribution in [-0.2, 0) is 0 Å². The fraction of sp³-hybridized carbons (Fsp3) is 0.0435. The summed E-state index contributed by atoms with van der Waals surface area (Å²) in [5, 5.41) is 23.1. The van der Waals surface area contributed by atoms with Crippen LogP contribution < -0.4 is 0 Å². The number of nitriles is 1. The van der Waals surface area contributed by atoms with E-state index in [1.807, 2.05) is 36.6 Å². The van der Waals surface area contributed by atoms with Gasteiger partial charge < -0.3 is 4.42 Å². The van der Waals surface area contributed by atoms with Crippen LogP contribution in [-0.4, -0.2) is 9.91 Å². The molecule has 0 bridgehead atoms. The molecule has 7 heteroatoms.